The van der Waals surface area contributed by atoms with Crippen LogP contribution in [-0.4, -0.2) is 33.7 Å². The van der Waals surface area contributed by atoms with E-state index in [-0.39, 0.29) is 23.0 Å². The molecular formula is C28H30N2O5S. The minimum absolute atomic E-state index is 0.0943. The van der Waals surface area contributed by atoms with Crippen molar-refractivity contribution >= 4 is 21.6 Å². The van der Waals surface area contributed by atoms with Crippen molar-refractivity contribution in [2.45, 2.75) is 50.0 Å². The number of hydrogen-bond acceptors (Lipinski definition) is 5. The number of carbonyl (C=O) groups is 1. The molecule has 0 spiro atoms. The number of anilines is 1. The number of nitrogens with one attached hydrogen (secondary N) is 1. The van der Waals surface area contributed by atoms with Gasteiger partial charge in [0.2, 0.25) is 12.7 Å². The van der Waals surface area contributed by atoms with Crippen LogP contribution in [0.2, 0.25) is 0 Å². The summed E-state index contributed by atoms with van der Waals surface area (Å²) in [6.45, 7) is 6.83. The maximum Gasteiger partial charge on any atom is 0.265 e. The first-order chi connectivity index (χ1) is 17.1. The van der Waals surface area contributed by atoms with Crippen LogP contribution in [0.15, 0.2) is 71.6 Å². The fourth-order valence-corrected chi connectivity index (χ4v) is 6.29. The zero-order valence-corrected chi connectivity index (χ0v) is 21.5. The van der Waals surface area contributed by atoms with E-state index < -0.39 is 16.1 Å². The van der Waals surface area contributed by atoms with E-state index in [4.69, 9.17) is 9.47 Å². The van der Waals surface area contributed by atoms with Crippen molar-refractivity contribution in [3.05, 3.63) is 83.4 Å². The molecule has 3 aromatic carbocycles. The first kappa shape index (κ1) is 24.2. The van der Waals surface area contributed by atoms with Crippen LogP contribution in [0.3, 0.4) is 0 Å². The van der Waals surface area contributed by atoms with Gasteiger partial charge in [-0.3, -0.25) is 9.10 Å². The van der Waals surface area contributed by atoms with Crippen LogP contribution in [-0.2, 0) is 33.1 Å². The lowest BCUT2D eigenvalue weighted by Crippen LogP contribution is -2.48. The Morgan fingerprint density at radius 2 is 1.72 bits per heavy atom. The van der Waals surface area contributed by atoms with Gasteiger partial charge in [0, 0.05) is 13.0 Å². The number of amides is 1. The van der Waals surface area contributed by atoms with E-state index in [0.29, 0.717) is 36.6 Å². The van der Waals surface area contributed by atoms with E-state index in [1.165, 1.54) is 4.31 Å². The number of carbonyl (C=O) groups excluding carboxylic acids is 1. The molecule has 1 atom stereocenters. The van der Waals surface area contributed by atoms with Crippen LogP contribution in [0.1, 0.15) is 37.5 Å². The Morgan fingerprint density at radius 1 is 1.00 bits per heavy atom. The molecule has 0 unspecified atom stereocenters. The summed E-state index contributed by atoms with van der Waals surface area (Å²) >= 11 is 0. The van der Waals surface area contributed by atoms with Crippen molar-refractivity contribution < 1.29 is 22.7 Å². The molecule has 0 radical (unpaired) electrons. The molecule has 0 saturated carbocycles. The third-order valence-corrected chi connectivity index (χ3v) is 8.49. The van der Waals surface area contributed by atoms with Gasteiger partial charge in [0.15, 0.2) is 11.5 Å². The second-order valence-electron chi connectivity index (χ2n) is 10.2. The minimum atomic E-state index is -3.95. The summed E-state index contributed by atoms with van der Waals surface area (Å²) in [4.78, 5) is 13.5. The normalized spacial score (nSPS) is 16.6. The SMILES string of the molecule is CC(C)(C)c1ccc(S(=O)(=O)N2c3ccccc3C[C@H]2C(=O)NCCc2ccc3c(c2)OCO3)cc1. The van der Waals surface area contributed by atoms with Gasteiger partial charge in [0.25, 0.3) is 10.0 Å². The summed E-state index contributed by atoms with van der Waals surface area (Å²) in [6, 6.07) is 19.1. The van der Waals surface area contributed by atoms with Crippen LogP contribution in [0.25, 0.3) is 0 Å². The van der Waals surface area contributed by atoms with E-state index in [2.05, 4.69) is 26.1 Å². The molecule has 36 heavy (non-hydrogen) atoms. The molecule has 0 saturated heterocycles. The zero-order valence-electron chi connectivity index (χ0n) is 20.7. The molecule has 0 bridgehead atoms. The quantitative estimate of drug-likeness (QED) is 0.542. The molecule has 188 valence electrons. The van der Waals surface area contributed by atoms with E-state index >= 15 is 0 Å². The monoisotopic (exact) mass is 506 g/mol. The fraction of sp³-hybridized carbons (Fsp3) is 0.321. The summed E-state index contributed by atoms with van der Waals surface area (Å²) < 4.78 is 39.6. The van der Waals surface area contributed by atoms with Crippen LogP contribution in [0.5, 0.6) is 11.5 Å². The van der Waals surface area contributed by atoms with E-state index in [0.717, 1.165) is 16.7 Å². The number of nitrogens with zero attached hydrogens (tertiary/aromatic N) is 1. The van der Waals surface area contributed by atoms with Gasteiger partial charge in [-0.2, -0.15) is 0 Å². The maximum absolute atomic E-state index is 13.8. The number of sulfonamides is 1. The smallest absolute Gasteiger partial charge is 0.265 e. The molecule has 7 nitrogen and oxygen atoms in total. The molecule has 8 heteroatoms. The number of benzene rings is 3. The predicted octanol–water partition coefficient (Wildman–Crippen LogP) is 4.19. The number of ether oxygens (including phenoxy) is 2. The third-order valence-electron chi connectivity index (χ3n) is 6.66. The average molecular weight is 507 g/mol. The second kappa shape index (κ2) is 9.17. The molecule has 0 aliphatic carbocycles. The Kier molecular flexibility index (Phi) is 6.16. The van der Waals surface area contributed by atoms with Gasteiger partial charge >= 0.3 is 0 Å². The molecule has 3 aromatic rings. The lowest BCUT2D eigenvalue weighted by Gasteiger charge is -2.27. The van der Waals surface area contributed by atoms with Crippen molar-refractivity contribution in [3.8, 4) is 11.5 Å². The van der Waals surface area contributed by atoms with Gasteiger partial charge in [-0.15, -0.1) is 0 Å². The molecule has 1 amide bonds. The van der Waals surface area contributed by atoms with Gasteiger partial charge in [-0.1, -0.05) is 57.2 Å². The van der Waals surface area contributed by atoms with Gasteiger partial charge in [-0.25, -0.2) is 8.42 Å². The third kappa shape index (κ3) is 4.53. The molecular weight excluding hydrogens is 476 g/mol. The Hall–Kier alpha value is -3.52. The van der Waals surface area contributed by atoms with Gasteiger partial charge in [0.1, 0.15) is 6.04 Å². The van der Waals surface area contributed by atoms with Crippen molar-refractivity contribution in [1.29, 1.82) is 0 Å². The molecule has 0 fully saturated rings. The summed E-state index contributed by atoms with van der Waals surface area (Å²) in [7, 11) is -3.95. The van der Waals surface area contributed by atoms with Crippen LogP contribution < -0.4 is 19.1 Å². The molecule has 2 aliphatic heterocycles. The average Bonchev–Trinajstić information content (AvgIpc) is 3.48. The van der Waals surface area contributed by atoms with Crippen LogP contribution in [0, 0.1) is 0 Å². The fourth-order valence-electron chi connectivity index (χ4n) is 4.64. The molecule has 5 rings (SSSR count). The Morgan fingerprint density at radius 3 is 2.47 bits per heavy atom. The Balaban J connectivity index is 1.35. The van der Waals surface area contributed by atoms with Gasteiger partial charge in [0.05, 0.1) is 10.6 Å². The summed E-state index contributed by atoms with van der Waals surface area (Å²) in [5.41, 5.74) is 3.33. The molecule has 0 aromatic heterocycles. The second-order valence-corrected chi connectivity index (χ2v) is 12.0. The van der Waals surface area contributed by atoms with E-state index in [1.807, 2.05) is 42.5 Å². The number of hydrogen-bond donors (Lipinski definition) is 1. The van der Waals surface area contributed by atoms with E-state index in [1.54, 1.807) is 24.3 Å². The predicted molar refractivity (Wildman–Crippen MR) is 138 cm³/mol. The molecule has 2 heterocycles. The topological polar surface area (TPSA) is 84.9 Å². The standard InChI is InChI=1S/C28H30N2O5S/c1-28(2,3)21-9-11-22(12-10-21)36(32,33)30-23-7-5-4-6-20(23)17-24(30)27(31)29-15-14-19-8-13-25-26(16-19)35-18-34-25/h4-13,16,24H,14-15,17-18H2,1-3H3,(H,29,31)/t24-/m0/s1. The van der Waals surface area contributed by atoms with Gasteiger partial charge in [-0.05, 0) is 58.9 Å². The summed E-state index contributed by atoms with van der Waals surface area (Å²) in [6.07, 6.45) is 0.911. The lowest BCUT2D eigenvalue weighted by molar-refractivity contribution is -0.122. The summed E-state index contributed by atoms with van der Waals surface area (Å²) in [5, 5.41) is 2.94. The van der Waals surface area contributed by atoms with Crippen LogP contribution in [0.4, 0.5) is 5.69 Å². The van der Waals surface area contributed by atoms with Gasteiger partial charge < -0.3 is 14.8 Å². The van der Waals surface area contributed by atoms with Crippen molar-refractivity contribution in [2.75, 3.05) is 17.6 Å². The molecule has 2 aliphatic rings. The Bertz CT molecular complexity index is 1390. The number of rotatable bonds is 6. The molecule has 1 N–H and O–H groups in total. The number of para-hydroxylation sites is 1. The largest absolute Gasteiger partial charge is 0.454 e. The zero-order chi connectivity index (χ0) is 25.5. The Labute approximate surface area is 212 Å². The lowest BCUT2D eigenvalue weighted by atomic mass is 9.87. The maximum atomic E-state index is 13.8. The highest BCUT2D eigenvalue weighted by molar-refractivity contribution is 7.93. The van der Waals surface area contributed by atoms with Crippen molar-refractivity contribution in [2.24, 2.45) is 0 Å². The number of fused-ring (bicyclic) bond motifs is 2. The highest BCUT2D eigenvalue weighted by atomic mass is 32.2. The van der Waals surface area contributed by atoms with Crippen LogP contribution >= 0.6 is 0 Å². The van der Waals surface area contributed by atoms with E-state index in [9.17, 15) is 13.2 Å². The minimum Gasteiger partial charge on any atom is -0.454 e. The first-order valence-electron chi connectivity index (χ1n) is 12.0. The van der Waals surface area contributed by atoms with Crippen molar-refractivity contribution in [3.63, 3.8) is 0 Å². The van der Waals surface area contributed by atoms with Crippen molar-refractivity contribution in [1.82, 2.24) is 5.32 Å². The highest BCUT2D eigenvalue weighted by Crippen LogP contribution is 2.37. The first-order valence-corrected chi connectivity index (χ1v) is 13.5. The summed E-state index contributed by atoms with van der Waals surface area (Å²) in [5.74, 6) is 1.09. The highest BCUT2D eigenvalue weighted by Gasteiger charge is 2.42.